The first-order valence-electron chi connectivity index (χ1n) is 5.99. The highest BCUT2D eigenvalue weighted by Gasteiger charge is 2.28. The van der Waals surface area contributed by atoms with Crippen LogP contribution in [0.4, 0.5) is 5.69 Å². The molecule has 1 aromatic rings. The molecule has 102 valence electrons. The van der Waals surface area contributed by atoms with E-state index in [1.165, 1.54) is 4.90 Å². The number of carboxylic acid groups (broad SMARTS) is 1. The van der Waals surface area contributed by atoms with E-state index in [9.17, 15) is 9.59 Å². The summed E-state index contributed by atoms with van der Waals surface area (Å²) in [7, 11) is 1.57. The summed E-state index contributed by atoms with van der Waals surface area (Å²) >= 11 is 0. The number of nitrogens with one attached hydrogen (secondary N) is 1. The third-order valence-electron chi connectivity index (χ3n) is 3.10. The zero-order valence-corrected chi connectivity index (χ0v) is 10.6. The Morgan fingerprint density at radius 3 is 2.68 bits per heavy atom. The van der Waals surface area contributed by atoms with Crippen LogP contribution in [0, 0.1) is 5.92 Å². The molecule has 6 nitrogen and oxygen atoms in total. The molecule has 0 aromatic heterocycles. The fourth-order valence-electron chi connectivity index (χ4n) is 2.01. The van der Waals surface area contributed by atoms with Gasteiger partial charge in [0, 0.05) is 18.8 Å². The van der Waals surface area contributed by atoms with Gasteiger partial charge in [0.15, 0.2) is 0 Å². The average Bonchev–Trinajstić information content (AvgIpc) is 2.61. The maximum Gasteiger partial charge on any atom is 0.309 e. The number of methoxy groups -OCH3 is 1. The van der Waals surface area contributed by atoms with E-state index in [0.29, 0.717) is 18.0 Å². The normalized spacial score (nSPS) is 19.9. The van der Waals surface area contributed by atoms with Gasteiger partial charge in [-0.15, -0.1) is 0 Å². The van der Waals surface area contributed by atoms with E-state index in [1.807, 2.05) is 0 Å². The maximum absolute atomic E-state index is 12.0. The summed E-state index contributed by atoms with van der Waals surface area (Å²) in [5.41, 5.74) is 0.681. The Hall–Kier alpha value is -2.08. The predicted octanol–water partition coefficient (Wildman–Crippen LogP) is 0.332. The maximum atomic E-state index is 12.0. The molecule has 6 heteroatoms. The van der Waals surface area contributed by atoms with Crippen molar-refractivity contribution in [1.82, 2.24) is 5.32 Å². The van der Waals surface area contributed by atoms with Crippen LogP contribution in [0.5, 0.6) is 5.75 Å². The average molecular weight is 264 g/mol. The van der Waals surface area contributed by atoms with Crippen LogP contribution in [-0.4, -0.2) is 43.7 Å². The third kappa shape index (κ3) is 3.03. The van der Waals surface area contributed by atoms with Gasteiger partial charge in [-0.05, 0) is 24.3 Å². The number of anilines is 1. The van der Waals surface area contributed by atoms with Crippen LogP contribution < -0.4 is 15.0 Å². The third-order valence-corrected chi connectivity index (χ3v) is 3.10. The molecule has 2 rings (SSSR count). The number of carboxylic acids is 1. The van der Waals surface area contributed by atoms with Gasteiger partial charge in [-0.2, -0.15) is 0 Å². The molecular formula is C13H16N2O4. The molecular weight excluding hydrogens is 248 g/mol. The lowest BCUT2D eigenvalue weighted by Gasteiger charge is -2.22. The van der Waals surface area contributed by atoms with Crippen molar-refractivity contribution in [2.24, 2.45) is 5.92 Å². The fraction of sp³-hybridized carbons (Fsp3) is 0.385. The molecule has 19 heavy (non-hydrogen) atoms. The number of ether oxygens (including phenoxy) is 1. The lowest BCUT2D eigenvalue weighted by molar-refractivity contribution is -0.141. The minimum absolute atomic E-state index is 0.131. The molecule has 1 aromatic carbocycles. The Kier molecular flexibility index (Phi) is 4.01. The van der Waals surface area contributed by atoms with E-state index >= 15 is 0 Å². The van der Waals surface area contributed by atoms with Crippen LogP contribution in [0.25, 0.3) is 0 Å². The molecule has 0 saturated carbocycles. The SMILES string of the molecule is COc1ccc(N2CC(C(=O)O)CNCC2=O)cc1. The van der Waals surface area contributed by atoms with Gasteiger partial charge in [0.05, 0.1) is 19.6 Å². The molecule has 2 N–H and O–H groups in total. The molecule has 0 spiro atoms. The number of amides is 1. The van der Waals surface area contributed by atoms with Gasteiger partial charge >= 0.3 is 5.97 Å². The van der Waals surface area contributed by atoms with E-state index in [4.69, 9.17) is 9.84 Å². The summed E-state index contributed by atoms with van der Waals surface area (Å²) < 4.78 is 5.06. The molecule has 1 aliphatic rings. The Labute approximate surface area is 111 Å². The molecule has 1 fully saturated rings. The van der Waals surface area contributed by atoms with Crippen molar-refractivity contribution in [3.8, 4) is 5.75 Å². The Balaban J connectivity index is 2.22. The zero-order chi connectivity index (χ0) is 13.8. The topological polar surface area (TPSA) is 78.9 Å². The van der Waals surface area contributed by atoms with E-state index in [1.54, 1.807) is 31.4 Å². The van der Waals surface area contributed by atoms with Gasteiger partial charge < -0.3 is 20.1 Å². The van der Waals surface area contributed by atoms with Crippen molar-refractivity contribution < 1.29 is 19.4 Å². The highest BCUT2D eigenvalue weighted by molar-refractivity contribution is 5.96. The number of carbonyl (C=O) groups is 2. The number of nitrogens with zero attached hydrogens (tertiary/aromatic N) is 1. The molecule has 1 heterocycles. The van der Waals surface area contributed by atoms with Gasteiger partial charge in [0.25, 0.3) is 0 Å². The van der Waals surface area contributed by atoms with Crippen molar-refractivity contribution >= 4 is 17.6 Å². The molecule has 0 radical (unpaired) electrons. The smallest absolute Gasteiger partial charge is 0.309 e. The van der Waals surface area contributed by atoms with Crippen LogP contribution in [0.2, 0.25) is 0 Å². The monoisotopic (exact) mass is 264 g/mol. The number of benzene rings is 1. The second-order valence-corrected chi connectivity index (χ2v) is 4.37. The standard InChI is InChI=1S/C13H16N2O4/c1-19-11-4-2-10(3-5-11)15-8-9(13(17)18)6-14-7-12(15)16/h2-5,9,14H,6-8H2,1H3,(H,17,18). The first-order valence-corrected chi connectivity index (χ1v) is 5.99. The van der Waals surface area contributed by atoms with Crippen LogP contribution >= 0.6 is 0 Å². The number of carbonyl (C=O) groups excluding carboxylic acids is 1. The minimum Gasteiger partial charge on any atom is -0.497 e. The van der Waals surface area contributed by atoms with Crippen LogP contribution in [0.3, 0.4) is 0 Å². The first kappa shape index (κ1) is 13.4. The Morgan fingerprint density at radius 2 is 2.11 bits per heavy atom. The molecule has 1 aliphatic heterocycles. The largest absolute Gasteiger partial charge is 0.497 e. The fourth-order valence-corrected chi connectivity index (χ4v) is 2.01. The molecule has 1 amide bonds. The lowest BCUT2D eigenvalue weighted by Crippen LogP contribution is -2.37. The summed E-state index contributed by atoms with van der Waals surface area (Å²) in [6, 6.07) is 7.00. The van der Waals surface area contributed by atoms with E-state index in [-0.39, 0.29) is 19.0 Å². The van der Waals surface area contributed by atoms with Crippen molar-refractivity contribution in [2.75, 3.05) is 31.6 Å². The number of hydrogen-bond acceptors (Lipinski definition) is 4. The van der Waals surface area contributed by atoms with E-state index < -0.39 is 11.9 Å². The van der Waals surface area contributed by atoms with Gasteiger partial charge in [0.2, 0.25) is 5.91 Å². The van der Waals surface area contributed by atoms with Crippen LogP contribution in [0.15, 0.2) is 24.3 Å². The van der Waals surface area contributed by atoms with Crippen LogP contribution in [-0.2, 0) is 9.59 Å². The van der Waals surface area contributed by atoms with Gasteiger partial charge in [-0.3, -0.25) is 9.59 Å². The van der Waals surface area contributed by atoms with Crippen molar-refractivity contribution in [3.63, 3.8) is 0 Å². The number of hydrogen-bond donors (Lipinski definition) is 2. The minimum atomic E-state index is -0.902. The molecule has 0 bridgehead atoms. The van der Waals surface area contributed by atoms with E-state index in [2.05, 4.69) is 5.32 Å². The van der Waals surface area contributed by atoms with E-state index in [0.717, 1.165) is 0 Å². The van der Waals surface area contributed by atoms with Crippen molar-refractivity contribution in [1.29, 1.82) is 0 Å². The first-order chi connectivity index (χ1) is 9.11. The quantitative estimate of drug-likeness (QED) is 0.822. The summed E-state index contributed by atoms with van der Waals surface area (Å²) in [4.78, 5) is 24.6. The molecule has 0 aliphatic carbocycles. The number of aliphatic carboxylic acids is 1. The molecule has 1 atom stereocenters. The number of rotatable bonds is 3. The highest BCUT2D eigenvalue weighted by Crippen LogP contribution is 2.21. The van der Waals surface area contributed by atoms with Crippen molar-refractivity contribution in [3.05, 3.63) is 24.3 Å². The van der Waals surface area contributed by atoms with Crippen LogP contribution in [0.1, 0.15) is 0 Å². The summed E-state index contributed by atoms with van der Waals surface area (Å²) in [5, 5.41) is 12.0. The second kappa shape index (κ2) is 5.71. The second-order valence-electron chi connectivity index (χ2n) is 4.37. The molecule has 1 unspecified atom stereocenters. The summed E-state index contributed by atoms with van der Waals surface area (Å²) in [6.45, 7) is 0.622. The summed E-state index contributed by atoms with van der Waals surface area (Å²) in [6.07, 6.45) is 0. The summed E-state index contributed by atoms with van der Waals surface area (Å²) in [5.74, 6) is -0.942. The zero-order valence-electron chi connectivity index (χ0n) is 10.6. The highest BCUT2D eigenvalue weighted by atomic mass is 16.5. The predicted molar refractivity (Wildman–Crippen MR) is 69.3 cm³/mol. The Morgan fingerprint density at radius 1 is 1.42 bits per heavy atom. The van der Waals surface area contributed by atoms with Gasteiger partial charge in [-0.1, -0.05) is 0 Å². The van der Waals surface area contributed by atoms with Gasteiger partial charge in [-0.25, -0.2) is 0 Å². The Bertz CT molecular complexity index is 472. The van der Waals surface area contributed by atoms with Gasteiger partial charge in [0.1, 0.15) is 5.75 Å². The molecule has 1 saturated heterocycles. The lowest BCUT2D eigenvalue weighted by atomic mass is 10.1. The van der Waals surface area contributed by atoms with Crippen molar-refractivity contribution in [2.45, 2.75) is 0 Å².